The lowest BCUT2D eigenvalue weighted by Crippen LogP contribution is -2.13. The number of carbonyl (C=O) groups excluding carboxylic acids is 1. The first-order valence-corrected chi connectivity index (χ1v) is 7.02. The Labute approximate surface area is 136 Å². The Morgan fingerprint density at radius 1 is 1.26 bits per heavy atom. The molecule has 0 aliphatic heterocycles. The molecular formula is C16H11ClFN3O2. The number of amides is 1. The predicted octanol–water partition coefficient (Wildman–Crippen LogP) is 3.68. The van der Waals surface area contributed by atoms with Gasteiger partial charge >= 0.3 is 0 Å². The number of pyridine rings is 2. The molecule has 0 unspecified atom stereocenters. The number of ether oxygens (including phenoxy) is 1. The van der Waals surface area contributed by atoms with Crippen molar-refractivity contribution in [3.8, 4) is 5.88 Å². The predicted molar refractivity (Wildman–Crippen MR) is 85.5 cm³/mol. The zero-order valence-corrected chi connectivity index (χ0v) is 12.8. The minimum absolute atomic E-state index is 0.00192. The smallest absolute Gasteiger partial charge is 0.258 e. The minimum Gasteiger partial charge on any atom is -0.481 e. The lowest BCUT2D eigenvalue weighted by molar-refractivity contribution is 0.102. The second-order valence-corrected chi connectivity index (χ2v) is 5.07. The number of anilines is 1. The number of fused-ring (bicyclic) bond motifs is 1. The number of hydrogen-bond donors (Lipinski definition) is 1. The molecule has 0 aliphatic carbocycles. The van der Waals surface area contributed by atoms with Crippen molar-refractivity contribution in [3.63, 3.8) is 0 Å². The number of rotatable bonds is 3. The van der Waals surface area contributed by atoms with Crippen molar-refractivity contribution in [2.45, 2.75) is 0 Å². The van der Waals surface area contributed by atoms with Gasteiger partial charge in [0.1, 0.15) is 11.0 Å². The van der Waals surface area contributed by atoms with Gasteiger partial charge in [-0.1, -0.05) is 11.6 Å². The van der Waals surface area contributed by atoms with Crippen LogP contribution in [0.15, 0.2) is 42.6 Å². The molecule has 1 N–H and O–H groups in total. The van der Waals surface area contributed by atoms with Crippen molar-refractivity contribution in [3.05, 3.63) is 59.1 Å². The summed E-state index contributed by atoms with van der Waals surface area (Å²) in [6, 6.07) is 8.94. The second kappa shape index (κ2) is 6.18. The molecule has 23 heavy (non-hydrogen) atoms. The molecule has 1 amide bonds. The first-order valence-electron chi connectivity index (χ1n) is 6.64. The lowest BCUT2D eigenvalue weighted by Gasteiger charge is -2.08. The van der Waals surface area contributed by atoms with Gasteiger partial charge in [0.05, 0.1) is 30.1 Å². The monoisotopic (exact) mass is 331 g/mol. The highest BCUT2D eigenvalue weighted by Crippen LogP contribution is 2.22. The fourth-order valence-corrected chi connectivity index (χ4v) is 2.28. The molecule has 2 aromatic heterocycles. The zero-order valence-electron chi connectivity index (χ0n) is 12.0. The Kier molecular flexibility index (Phi) is 4.08. The molecule has 0 atom stereocenters. The van der Waals surface area contributed by atoms with Gasteiger partial charge in [0, 0.05) is 17.5 Å². The van der Waals surface area contributed by atoms with Crippen LogP contribution in [0.5, 0.6) is 5.88 Å². The van der Waals surface area contributed by atoms with Gasteiger partial charge in [-0.3, -0.25) is 4.79 Å². The number of carbonyl (C=O) groups is 1. The van der Waals surface area contributed by atoms with Gasteiger partial charge in [-0.05, 0) is 24.3 Å². The molecule has 0 saturated heterocycles. The molecular weight excluding hydrogens is 321 g/mol. The van der Waals surface area contributed by atoms with Crippen LogP contribution in [0.4, 0.5) is 10.1 Å². The highest BCUT2D eigenvalue weighted by Gasteiger charge is 2.14. The summed E-state index contributed by atoms with van der Waals surface area (Å²) in [7, 11) is 1.50. The zero-order chi connectivity index (χ0) is 16.4. The largest absolute Gasteiger partial charge is 0.481 e. The van der Waals surface area contributed by atoms with E-state index in [-0.39, 0.29) is 10.7 Å². The van der Waals surface area contributed by atoms with Gasteiger partial charge in [-0.2, -0.15) is 0 Å². The maximum atomic E-state index is 13.2. The van der Waals surface area contributed by atoms with E-state index in [2.05, 4.69) is 15.3 Å². The lowest BCUT2D eigenvalue weighted by atomic mass is 10.1. The average molecular weight is 332 g/mol. The van der Waals surface area contributed by atoms with Crippen molar-refractivity contribution in [2.24, 2.45) is 0 Å². The molecule has 0 radical (unpaired) electrons. The van der Waals surface area contributed by atoms with Crippen molar-refractivity contribution >= 4 is 34.1 Å². The van der Waals surface area contributed by atoms with Crippen LogP contribution in [-0.2, 0) is 0 Å². The maximum Gasteiger partial charge on any atom is 0.258 e. The van der Waals surface area contributed by atoms with Crippen molar-refractivity contribution in [1.82, 2.24) is 9.97 Å². The quantitative estimate of drug-likeness (QED) is 0.743. The van der Waals surface area contributed by atoms with Gasteiger partial charge in [0.15, 0.2) is 0 Å². The Bertz CT molecular complexity index is 884. The number of nitrogens with one attached hydrogen (secondary N) is 1. The number of hydrogen-bond acceptors (Lipinski definition) is 4. The van der Waals surface area contributed by atoms with E-state index >= 15 is 0 Å². The Morgan fingerprint density at radius 3 is 2.78 bits per heavy atom. The van der Waals surface area contributed by atoms with Gasteiger partial charge in [-0.15, -0.1) is 0 Å². The highest BCUT2D eigenvalue weighted by atomic mass is 35.5. The van der Waals surface area contributed by atoms with E-state index in [1.54, 1.807) is 24.3 Å². The minimum atomic E-state index is -0.430. The molecule has 0 spiro atoms. The number of methoxy groups -OCH3 is 1. The van der Waals surface area contributed by atoms with Crippen molar-refractivity contribution in [2.75, 3.05) is 12.4 Å². The summed E-state index contributed by atoms with van der Waals surface area (Å²) >= 11 is 6.03. The molecule has 5 nitrogen and oxygen atoms in total. The normalized spacial score (nSPS) is 10.6. The van der Waals surface area contributed by atoms with E-state index in [1.807, 2.05) is 0 Å². The van der Waals surface area contributed by atoms with Crippen LogP contribution in [-0.4, -0.2) is 23.0 Å². The van der Waals surface area contributed by atoms with Gasteiger partial charge < -0.3 is 10.1 Å². The van der Waals surface area contributed by atoms with Crippen LogP contribution in [0.1, 0.15) is 10.4 Å². The standard InChI is InChI=1S/C16H11ClFN3O2/c1-23-14-5-4-11(8-19-14)20-16(22)12-6-9-2-3-10(18)7-13(9)21-15(12)17/h2-8H,1H3,(H,20,22). The first-order chi connectivity index (χ1) is 11.1. The van der Waals surface area contributed by atoms with E-state index in [0.717, 1.165) is 0 Å². The number of halogens is 2. The molecule has 116 valence electrons. The summed E-state index contributed by atoms with van der Waals surface area (Å²) in [4.78, 5) is 20.4. The van der Waals surface area contributed by atoms with Crippen LogP contribution in [0.25, 0.3) is 10.9 Å². The summed E-state index contributed by atoms with van der Waals surface area (Å²) in [6.07, 6.45) is 1.47. The maximum absolute atomic E-state index is 13.2. The highest BCUT2D eigenvalue weighted by molar-refractivity contribution is 6.33. The SMILES string of the molecule is COc1ccc(NC(=O)c2cc3ccc(F)cc3nc2Cl)cn1. The van der Waals surface area contributed by atoms with E-state index < -0.39 is 11.7 Å². The van der Waals surface area contributed by atoms with Crippen LogP contribution >= 0.6 is 11.6 Å². The molecule has 2 heterocycles. The molecule has 3 rings (SSSR count). The second-order valence-electron chi connectivity index (χ2n) is 4.71. The van der Waals surface area contributed by atoms with E-state index in [4.69, 9.17) is 16.3 Å². The fraction of sp³-hybridized carbons (Fsp3) is 0.0625. The molecule has 0 bridgehead atoms. The van der Waals surface area contributed by atoms with Crippen LogP contribution in [0, 0.1) is 5.82 Å². The molecule has 0 aliphatic rings. The van der Waals surface area contributed by atoms with Gasteiger partial charge in [-0.25, -0.2) is 14.4 Å². The third-order valence-electron chi connectivity index (χ3n) is 3.18. The van der Waals surface area contributed by atoms with Gasteiger partial charge in [0.2, 0.25) is 5.88 Å². The molecule has 0 fully saturated rings. The van der Waals surface area contributed by atoms with Crippen molar-refractivity contribution < 1.29 is 13.9 Å². The number of aromatic nitrogens is 2. The number of benzene rings is 1. The summed E-state index contributed by atoms with van der Waals surface area (Å²) in [5.41, 5.74) is 1.07. The van der Waals surface area contributed by atoms with Crippen LogP contribution in [0.2, 0.25) is 5.15 Å². The van der Waals surface area contributed by atoms with Crippen molar-refractivity contribution in [1.29, 1.82) is 0 Å². The topological polar surface area (TPSA) is 64.1 Å². The summed E-state index contributed by atoms with van der Waals surface area (Å²) in [6.45, 7) is 0. The molecule has 7 heteroatoms. The Morgan fingerprint density at radius 2 is 2.09 bits per heavy atom. The van der Waals surface area contributed by atoms with Crippen LogP contribution in [0.3, 0.4) is 0 Å². The molecule has 0 saturated carbocycles. The number of nitrogens with zero attached hydrogens (tertiary/aromatic N) is 2. The first kappa shape index (κ1) is 15.2. The Hall–Kier alpha value is -2.73. The van der Waals surface area contributed by atoms with E-state index in [9.17, 15) is 9.18 Å². The fourth-order valence-electron chi connectivity index (χ4n) is 2.05. The average Bonchev–Trinajstić information content (AvgIpc) is 2.54. The molecule has 1 aromatic carbocycles. The summed E-state index contributed by atoms with van der Waals surface area (Å²) in [5, 5.41) is 3.29. The van der Waals surface area contributed by atoms with Crippen LogP contribution < -0.4 is 10.1 Å². The van der Waals surface area contributed by atoms with E-state index in [0.29, 0.717) is 22.5 Å². The summed E-state index contributed by atoms with van der Waals surface area (Å²) in [5.74, 6) is -0.404. The van der Waals surface area contributed by atoms with E-state index in [1.165, 1.54) is 25.4 Å². The van der Waals surface area contributed by atoms with Gasteiger partial charge in [0.25, 0.3) is 5.91 Å². The third kappa shape index (κ3) is 3.22. The molecule has 3 aromatic rings. The third-order valence-corrected chi connectivity index (χ3v) is 3.47. The Balaban J connectivity index is 1.90. The summed E-state index contributed by atoms with van der Waals surface area (Å²) < 4.78 is 18.1.